The van der Waals surface area contributed by atoms with Crippen LogP contribution in [-0.2, 0) is 19.6 Å². The SMILES string of the molecule is CCOC(=O)/C=C(/C=C(\C)c1ccccc1)NS(=O)(=O)c1ccc(C)cc1. The van der Waals surface area contributed by atoms with Gasteiger partial charge in [-0.3, -0.25) is 4.72 Å². The molecule has 0 aliphatic heterocycles. The van der Waals surface area contributed by atoms with E-state index >= 15 is 0 Å². The average molecular weight is 385 g/mol. The van der Waals surface area contributed by atoms with Gasteiger partial charge in [0.15, 0.2) is 0 Å². The molecule has 0 atom stereocenters. The lowest BCUT2D eigenvalue weighted by molar-refractivity contribution is -0.137. The summed E-state index contributed by atoms with van der Waals surface area (Å²) >= 11 is 0. The summed E-state index contributed by atoms with van der Waals surface area (Å²) in [5, 5.41) is 0. The van der Waals surface area contributed by atoms with Crippen molar-refractivity contribution < 1.29 is 17.9 Å². The van der Waals surface area contributed by atoms with E-state index < -0.39 is 16.0 Å². The van der Waals surface area contributed by atoms with Crippen molar-refractivity contribution in [3.8, 4) is 0 Å². The molecule has 0 aromatic heterocycles. The first-order valence-electron chi connectivity index (χ1n) is 8.53. The molecule has 0 saturated heterocycles. The van der Waals surface area contributed by atoms with E-state index in [2.05, 4.69) is 4.72 Å². The van der Waals surface area contributed by atoms with Gasteiger partial charge < -0.3 is 4.74 Å². The Hall–Kier alpha value is -2.86. The lowest BCUT2D eigenvalue weighted by Gasteiger charge is -2.11. The molecule has 0 saturated carbocycles. The van der Waals surface area contributed by atoms with Crippen LogP contribution in [0.4, 0.5) is 0 Å². The van der Waals surface area contributed by atoms with Crippen LogP contribution in [0.1, 0.15) is 25.0 Å². The molecule has 2 aromatic rings. The Labute approximate surface area is 160 Å². The third kappa shape index (κ3) is 6.11. The molecule has 5 nitrogen and oxygen atoms in total. The summed E-state index contributed by atoms with van der Waals surface area (Å²) in [6.45, 7) is 5.61. The van der Waals surface area contributed by atoms with E-state index in [1.54, 1.807) is 25.1 Å². The smallest absolute Gasteiger partial charge is 0.332 e. The number of aryl methyl sites for hydroxylation is 1. The molecule has 2 aromatic carbocycles. The third-order valence-corrected chi connectivity index (χ3v) is 5.14. The molecule has 6 heteroatoms. The van der Waals surface area contributed by atoms with Gasteiger partial charge in [0.1, 0.15) is 0 Å². The number of hydrogen-bond acceptors (Lipinski definition) is 4. The van der Waals surface area contributed by atoms with Gasteiger partial charge in [0, 0.05) is 6.08 Å². The van der Waals surface area contributed by atoms with E-state index in [1.165, 1.54) is 12.1 Å². The van der Waals surface area contributed by atoms with Crippen LogP contribution < -0.4 is 4.72 Å². The van der Waals surface area contributed by atoms with Gasteiger partial charge in [-0.15, -0.1) is 0 Å². The second-order valence-electron chi connectivity index (χ2n) is 5.96. The normalized spacial score (nSPS) is 12.6. The standard InChI is InChI=1S/C21H23NO4S/c1-4-26-21(23)15-19(14-17(3)18-8-6-5-7-9-18)22-27(24,25)20-12-10-16(2)11-13-20/h5-15,22H,4H2,1-3H3/b17-14+,19-15-. The lowest BCUT2D eigenvalue weighted by atomic mass is 10.1. The fourth-order valence-corrected chi connectivity index (χ4v) is 3.40. The van der Waals surface area contributed by atoms with E-state index in [1.807, 2.05) is 44.2 Å². The molecule has 0 bridgehead atoms. The highest BCUT2D eigenvalue weighted by Gasteiger charge is 2.15. The van der Waals surface area contributed by atoms with E-state index in [0.717, 1.165) is 22.8 Å². The Balaban J connectivity index is 2.38. The molecule has 27 heavy (non-hydrogen) atoms. The van der Waals surface area contributed by atoms with Crippen LogP contribution in [0.3, 0.4) is 0 Å². The number of rotatable bonds is 7. The van der Waals surface area contributed by atoms with Crippen molar-refractivity contribution in [2.45, 2.75) is 25.7 Å². The summed E-state index contributed by atoms with van der Waals surface area (Å²) in [7, 11) is -3.84. The highest BCUT2D eigenvalue weighted by molar-refractivity contribution is 7.89. The molecule has 0 unspecified atom stereocenters. The van der Waals surface area contributed by atoms with Gasteiger partial charge in [-0.05, 0) is 50.1 Å². The van der Waals surface area contributed by atoms with E-state index in [9.17, 15) is 13.2 Å². The number of ether oxygens (including phenoxy) is 1. The Morgan fingerprint density at radius 3 is 2.26 bits per heavy atom. The van der Waals surface area contributed by atoms with Crippen molar-refractivity contribution in [3.63, 3.8) is 0 Å². The number of esters is 1. The number of sulfonamides is 1. The lowest BCUT2D eigenvalue weighted by Crippen LogP contribution is -2.23. The number of benzene rings is 2. The molecule has 0 fully saturated rings. The third-order valence-electron chi connectivity index (χ3n) is 3.74. The van der Waals surface area contributed by atoms with E-state index in [0.29, 0.717) is 0 Å². The van der Waals surface area contributed by atoms with Crippen LogP contribution in [0.25, 0.3) is 5.57 Å². The minimum Gasteiger partial charge on any atom is -0.463 e. The molecule has 142 valence electrons. The zero-order chi connectivity index (χ0) is 19.9. The van der Waals surface area contributed by atoms with Gasteiger partial charge in [-0.2, -0.15) is 0 Å². The first kappa shape index (κ1) is 20.5. The first-order chi connectivity index (χ1) is 12.8. The van der Waals surface area contributed by atoms with Gasteiger partial charge in [-0.1, -0.05) is 48.0 Å². The van der Waals surface area contributed by atoms with Gasteiger partial charge in [0.25, 0.3) is 10.0 Å². The average Bonchev–Trinajstić information content (AvgIpc) is 2.62. The van der Waals surface area contributed by atoms with Crippen molar-refractivity contribution in [1.29, 1.82) is 0 Å². The molecule has 2 rings (SSSR count). The van der Waals surface area contributed by atoms with E-state index in [4.69, 9.17) is 4.74 Å². The Bertz CT molecular complexity index is 943. The number of hydrogen-bond donors (Lipinski definition) is 1. The second kappa shape index (κ2) is 9.19. The summed E-state index contributed by atoms with van der Waals surface area (Å²) in [5.41, 5.74) is 2.81. The van der Waals surface area contributed by atoms with Crippen molar-refractivity contribution >= 4 is 21.6 Å². The van der Waals surface area contributed by atoms with Crippen molar-refractivity contribution in [1.82, 2.24) is 4.72 Å². The van der Waals surface area contributed by atoms with Crippen LogP contribution in [0.15, 0.2) is 77.3 Å². The molecule has 1 N–H and O–H groups in total. The minimum atomic E-state index is -3.84. The quantitative estimate of drug-likeness (QED) is 0.447. The summed E-state index contributed by atoms with van der Waals surface area (Å²) in [6.07, 6.45) is 2.75. The van der Waals surface area contributed by atoms with Gasteiger partial charge in [0.2, 0.25) is 0 Å². The molecule has 0 spiro atoms. The highest BCUT2D eigenvalue weighted by atomic mass is 32.2. The largest absolute Gasteiger partial charge is 0.463 e. The maximum Gasteiger partial charge on any atom is 0.332 e. The fourth-order valence-electron chi connectivity index (χ4n) is 2.36. The van der Waals surface area contributed by atoms with Crippen LogP contribution in [0, 0.1) is 6.92 Å². The molecule has 0 amide bonds. The predicted molar refractivity (Wildman–Crippen MR) is 106 cm³/mol. The minimum absolute atomic E-state index is 0.119. The van der Waals surface area contributed by atoms with Crippen LogP contribution in [0.2, 0.25) is 0 Å². The van der Waals surface area contributed by atoms with E-state index in [-0.39, 0.29) is 17.2 Å². The van der Waals surface area contributed by atoms with Gasteiger partial charge in [-0.25, -0.2) is 13.2 Å². The number of carbonyl (C=O) groups is 1. The fraction of sp³-hybridized carbons (Fsp3) is 0.190. The number of carbonyl (C=O) groups excluding carboxylic acids is 1. The Morgan fingerprint density at radius 1 is 1.04 bits per heavy atom. The summed E-state index contributed by atoms with van der Waals surface area (Å²) in [4.78, 5) is 12.0. The van der Waals surface area contributed by atoms with Crippen LogP contribution in [-0.4, -0.2) is 21.0 Å². The van der Waals surface area contributed by atoms with Crippen LogP contribution in [0.5, 0.6) is 0 Å². The maximum absolute atomic E-state index is 12.7. The zero-order valence-electron chi connectivity index (χ0n) is 15.6. The predicted octanol–water partition coefficient (Wildman–Crippen LogP) is 3.82. The zero-order valence-corrected chi connectivity index (χ0v) is 16.4. The molecular formula is C21H23NO4S. The molecule has 0 aliphatic rings. The maximum atomic E-state index is 12.7. The summed E-state index contributed by atoms with van der Waals surface area (Å²) in [6, 6.07) is 16.0. The number of nitrogens with one attached hydrogen (secondary N) is 1. The Morgan fingerprint density at radius 2 is 1.67 bits per heavy atom. The second-order valence-corrected chi connectivity index (χ2v) is 7.65. The topological polar surface area (TPSA) is 72.5 Å². The van der Waals surface area contributed by atoms with Crippen LogP contribution >= 0.6 is 0 Å². The van der Waals surface area contributed by atoms with Gasteiger partial charge in [0.05, 0.1) is 17.2 Å². The van der Waals surface area contributed by atoms with Crippen molar-refractivity contribution in [3.05, 3.63) is 83.6 Å². The Kier molecular flexibility index (Phi) is 6.96. The molecule has 0 aliphatic carbocycles. The van der Waals surface area contributed by atoms with Gasteiger partial charge >= 0.3 is 5.97 Å². The molecule has 0 heterocycles. The number of allylic oxidation sites excluding steroid dienone is 2. The molecule has 0 radical (unpaired) electrons. The van der Waals surface area contributed by atoms with Crippen molar-refractivity contribution in [2.75, 3.05) is 6.61 Å². The molecular weight excluding hydrogens is 362 g/mol. The summed E-state index contributed by atoms with van der Waals surface area (Å²) < 4.78 is 32.7. The summed E-state index contributed by atoms with van der Waals surface area (Å²) in [5.74, 6) is -0.615. The first-order valence-corrected chi connectivity index (χ1v) is 10.0. The van der Waals surface area contributed by atoms with Crippen molar-refractivity contribution in [2.24, 2.45) is 0 Å². The monoisotopic (exact) mass is 385 g/mol. The highest BCUT2D eigenvalue weighted by Crippen LogP contribution is 2.17.